The van der Waals surface area contributed by atoms with Gasteiger partial charge in [0.25, 0.3) is 0 Å². The van der Waals surface area contributed by atoms with Crippen LogP contribution in [0.3, 0.4) is 0 Å². The molecule has 0 spiro atoms. The second kappa shape index (κ2) is 15.5. The van der Waals surface area contributed by atoms with Gasteiger partial charge in [-0.1, -0.05) is 66.7 Å². The number of benzene rings is 4. The van der Waals surface area contributed by atoms with E-state index in [4.69, 9.17) is 18.9 Å². The molecule has 0 amide bonds. The molecule has 0 bridgehead atoms. The molecule has 1 aliphatic carbocycles. The van der Waals surface area contributed by atoms with Crippen LogP contribution in [0.15, 0.2) is 91.0 Å². The van der Waals surface area contributed by atoms with Crippen molar-refractivity contribution in [3.05, 3.63) is 108 Å². The number of ether oxygens (including phenoxy) is 4. The zero-order valence-electron chi connectivity index (χ0n) is 24.2. The lowest BCUT2D eigenvalue weighted by molar-refractivity contribution is 0.0106. The summed E-state index contributed by atoms with van der Waals surface area (Å²) in [5.74, 6) is 2.96. The molecular formula is C36H42BrNO4. The molecule has 1 heterocycles. The van der Waals surface area contributed by atoms with Crippen molar-refractivity contribution >= 4 is 27.8 Å². The predicted octanol–water partition coefficient (Wildman–Crippen LogP) is 7.85. The summed E-state index contributed by atoms with van der Waals surface area (Å²) in [6.45, 7) is 5.17. The Hall–Kier alpha value is -2.90. The largest absolute Gasteiger partial charge is 0.494 e. The Morgan fingerprint density at radius 1 is 0.738 bits per heavy atom. The fraction of sp³-hybridized carbons (Fsp3) is 0.389. The molecule has 42 heavy (non-hydrogen) atoms. The van der Waals surface area contributed by atoms with Gasteiger partial charge in [0.05, 0.1) is 39.1 Å². The van der Waals surface area contributed by atoms with E-state index in [0.717, 1.165) is 55.5 Å². The highest BCUT2D eigenvalue weighted by molar-refractivity contribution is 8.93. The second-order valence-corrected chi connectivity index (χ2v) is 11.3. The average molecular weight is 633 g/mol. The van der Waals surface area contributed by atoms with Crippen molar-refractivity contribution in [3.8, 4) is 11.5 Å². The monoisotopic (exact) mass is 631 g/mol. The van der Waals surface area contributed by atoms with E-state index < -0.39 is 0 Å². The van der Waals surface area contributed by atoms with E-state index in [1.807, 2.05) is 18.2 Å². The van der Waals surface area contributed by atoms with Gasteiger partial charge in [0.1, 0.15) is 11.5 Å². The average Bonchev–Trinajstić information content (AvgIpc) is 3.86. The molecule has 1 saturated carbocycles. The third kappa shape index (κ3) is 8.57. The van der Waals surface area contributed by atoms with E-state index in [9.17, 15) is 0 Å². The molecule has 2 aliphatic rings. The number of nitrogens with one attached hydrogen (secondary N) is 1. The van der Waals surface area contributed by atoms with E-state index in [1.54, 1.807) is 0 Å². The molecule has 4 aromatic rings. The Kier molecular flexibility index (Phi) is 11.3. The maximum Gasteiger partial charge on any atom is 0.124 e. The van der Waals surface area contributed by atoms with Crippen molar-refractivity contribution in [2.24, 2.45) is 5.92 Å². The maximum atomic E-state index is 6.47. The standard InChI is InChI=1S/C36H41NO4.BrH/c1-2-7-31-22-28(12-13-29(31)6-1)25-41-36-23-37-19-18-34(36)30-14-16-33(17-15-30)39-21-5-20-38-26-32-8-3-4-9-35(32)40-24-27-10-11-27;/h1-4,6-9,12-17,22,27,34,36-37H,5,10-11,18-21,23-26H2;1H. The Balaban J connectivity index is 0.00000353. The molecule has 222 valence electrons. The van der Waals surface area contributed by atoms with Crippen LogP contribution >= 0.6 is 17.0 Å². The van der Waals surface area contributed by atoms with Gasteiger partial charge in [-0.05, 0) is 77.9 Å². The first kappa shape index (κ1) is 30.6. The lowest BCUT2D eigenvalue weighted by atomic mass is 9.87. The SMILES string of the molecule is Br.c1ccc(OCC2CC2)c(COCCCOc2ccc(C3CCNCC3OCc3ccc4ccccc4c3)cc2)c1. The molecule has 6 heteroatoms. The van der Waals surface area contributed by atoms with E-state index >= 15 is 0 Å². The molecule has 2 atom stereocenters. The zero-order valence-corrected chi connectivity index (χ0v) is 25.9. The molecule has 1 N–H and O–H groups in total. The first-order valence-electron chi connectivity index (χ1n) is 15.1. The summed E-state index contributed by atoms with van der Waals surface area (Å²) in [6.07, 6.45) is 4.63. The van der Waals surface area contributed by atoms with Crippen LogP contribution in [0.5, 0.6) is 11.5 Å². The van der Waals surface area contributed by atoms with E-state index in [1.165, 1.54) is 34.7 Å². The first-order valence-corrected chi connectivity index (χ1v) is 15.1. The van der Waals surface area contributed by atoms with Gasteiger partial charge in [-0.15, -0.1) is 17.0 Å². The molecule has 6 rings (SSSR count). The van der Waals surface area contributed by atoms with Gasteiger partial charge in [-0.25, -0.2) is 0 Å². The van der Waals surface area contributed by atoms with Gasteiger partial charge in [0.2, 0.25) is 0 Å². The van der Waals surface area contributed by atoms with Crippen LogP contribution in [-0.2, 0) is 22.7 Å². The molecular weight excluding hydrogens is 590 g/mol. The Morgan fingerprint density at radius 3 is 2.40 bits per heavy atom. The van der Waals surface area contributed by atoms with Gasteiger partial charge >= 0.3 is 0 Å². The zero-order chi connectivity index (χ0) is 27.7. The van der Waals surface area contributed by atoms with E-state index in [-0.39, 0.29) is 23.1 Å². The van der Waals surface area contributed by atoms with Crippen molar-refractivity contribution in [3.63, 3.8) is 0 Å². The predicted molar refractivity (Wildman–Crippen MR) is 174 cm³/mol. The number of piperidine rings is 1. The van der Waals surface area contributed by atoms with Crippen LogP contribution in [0, 0.1) is 5.92 Å². The quantitative estimate of drug-likeness (QED) is 0.144. The summed E-state index contributed by atoms with van der Waals surface area (Å²) in [5, 5.41) is 6.03. The summed E-state index contributed by atoms with van der Waals surface area (Å²) in [7, 11) is 0. The lowest BCUT2D eigenvalue weighted by Gasteiger charge is -2.32. The van der Waals surface area contributed by atoms with E-state index in [0.29, 0.717) is 32.3 Å². The highest BCUT2D eigenvalue weighted by atomic mass is 79.9. The molecule has 1 aliphatic heterocycles. The second-order valence-electron chi connectivity index (χ2n) is 11.3. The molecule has 4 aromatic carbocycles. The van der Waals surface area contributed by atoms with Crippen molar-refractivity contribution in [1.82, 2.24) is 5.32 Å². The molecule has 2 fully saturated rings. The van der Waals surface area contributed by atoms with Crippen LogP contribution in [0.25, 0.3) is 10.8 Å². The van der Waals surface area contributed by atoms with Crippen molar-refractivity contribution in [2.75, 3.05) is 32.9 Å². The van der Waals surface area contributed by atoms with Crippen LogP contribution in [0.2, 0.25) is 0 Å². The van der Waals surface area contributed by atoms with Gasteiger partial charge in [-0.3, -0.25) is 0 Å². The minimum Gasteiger partial charge on any atom is -0.494 e. The number of hydrogen-bond acceptors (Lipinski definition) is 5. The number of hydrogen-bond donors (Lipinski definition) is 1. The van der Waals surface area contributed by atoms with E-state index in [2.05, 4.69) is 78.1 Å². The summed E-state index contributed by atoms with van der Waals surface area (Å²) in [5.41, 5.74) is 3.64. The first-order chi connectivity index (χ1) is 20.3. The fourth-order valence-electron chi connectivity index (χ4n) is 5.52. The Bertz CT molecular complexity index is 1390. The molecule has 0 aromatic heterocycles. The summed E-state index contributed by atoms with van der Waals surface area (Å²) >= 11 is 0. The van der Waals surface area contributed by atoms with Crippen molar-refractivity contribution < 1.29 is 18.9 Å². The summed E-state index contributed by atoms with van der Waals surface area (Å²) in [4.78, 5) is 0. The Labute approximate surface area is 260 Å². The fourth-order valence-corrected chi connectivity index (χ4v) is 5.52. The van der Waals surface area contributed by atoms with Gasteiger partial charge in [0, 0.05) is 24.4 Å². The normalized spacial score (nSPS) is 18.4. The molecule has 2 unspecified atom stereocenters. The highest BCUT2D eigenvalue weighted by Gasteiger charge is 2.27. The Morgan fingerprint density at radius 2 is 1.55 bits per heavy atom. The smallest absolute Gasteiger partial charge is 0.124 e. The van der Waals surface area contributed by atoms with Gasteiger partial charge in [-0.2, -0.15) is 0 Å². The van der Waals surface area contributed by atoms with Gasteiger partial charge < -0.3 is 24.3 Å². The minimum atomic E-state index is 0. The van der Waals surface area contributed by atoms with Crippen LogP contribution in [-0.4, -0.2) is 39.0 Å². The lowest BCUT2D eigenvalue weighted by Crippen LogP contribution is -2.40. The highest BCUT2D eigenvalue weighted by Crippen LogP contribution is 2.31. The maximum absolute atomic E-state index is 6.47. The van der Waals surface area contributed by atoms with Crippen molar-refractivity contribution in [2.45, 2.75) is 50.9 Å². The number of halogens is 1. The molecule has 1 saturated heterocycles. The van der Waals surface area contributed by atoms with Gasteiger partial charge in [0.15, 0.2) is 0 Å². The van der Waals surface area contributed by atoms with Crippen LogP contribution < -0.4 is 14.8 Å². The third-order valence-corrected chi connectivity index (χ3v) is 8.12. The number of rotatable bonds is 14. The molecule has 5 nitrogen and oxygen atoms in total. The summed E-state index contributed by atoms with van der Waals surface area (Å²) < 4.78 is 24.4. The summed E-state index contributed by atoms with van der Waals surface area (Å²) in [6, 6.07) is 31.8. The number of para-hydroxylation sites is 1. The third-order valence-electron chi connectivity index (χ3n) is 8.12. The van der Waals surface area contributed by atoms with Crippen LogP contribution in [0.4, 0.5) is 0 Å². The topological polar surface area (TPSA) is 49.0 Å². The minimum absolute atomic E-state index is 0. The molecule has 0 radical (unpaired) electrons. The van der Waals surface area contributed by atoms with Crippen LogP contribution in [0.1, 0.15) is 48.3 Å². The van der Waals surface area contributed by atoms with Crippen molar-refractivity contribution in [1.29, 1.82) is 0 Å². The number of fused-ring (bicyclic) bond motifs is 1.